The van der Waals surface area contributed by atoms with E-state index >= 15 is 0 Å². The molecule has 0 fully saturated rings. The van der Waals surface area contributed by atoms with E-state index in [-0.39, 0.29) is 0 Å². The SMILES string of the molecule is CC[SH](Cl)C=O. The number of hydrogen-bond donors (Lipinski definition) is 1. The van der Waals surface area contributed by atoms with E-state index in [0.717, 1.165) is 11.4 Å². The van der Waals surface area contributed by atoms with E-state index in [1.165, 1.54) is 0 Å². The highest BCUT2D eigenvalue weighted by Gasteiger charge is 1.85. The molecule has 0 spiro atoms. The Morgan fingerprint density at radius 3 is 2.50 bits per heavy atom. The van der Waals surface area contributed by atoms with Crippen LogP contribution < -0.4 is 0 Å². The minimum atomic E-state index is -0.784. The molecule has 3 heteroatoms. The third kappa shape index (κ3) is 2.54. The van der Waals surface area contributed by atoms with Gasteiger partial charge in [0.05, 0.1) is 0 Å². The van der Waals surface area contributed by atoms with Gasteiger partial charge in [-0.05, 0) is 5.75 Å². The molecule has 0 bridgehead atoms. The van der Waals surface area contributed by atoms with Crippen molar-refractivity contribution in [3.05, 3.63) is 0 Å². The summed E-state index contributed by atoms with van der Waals surface area (Å²) in [5, 5.41) is 0. The normalized spacial score (nSPS) is 16.7. The smallest absolute Gasteiger partial charge is 0.169 e. The lowest BCUT2D eigenvalue weighted by molar-refractivity contribution is 0.570. The second-order valence-electron chi connectivity index (χ2n) is 0.821. The van der Waals surface area contributed by atoms with Crippen LogP contribution in [0.3, 0.4) is 0 Å². The van der Waals surface area contributed by atoms with Gasteiger partial charge in [0.2, 0.25) is 0 Å². The fourth-order valence-corrected chi connectivity index (χ4v) is 0.224. The molecule has 1 nitrogen and oxygen atoms in total. The maximum Gasteiger partial charge on any atom is 0.169 e. The van der Waals surface area contributed by atoms with E-state index in [4.69, 9.17) is 10.7 Å². The molecule has 0 saturated carbocycles. The van der Waals surface area contributed by atoms with Crippen LogP contribution in [0.5, 0.6) is 0 Å². The number of halogens is 1. The van der Waals surface area contributed by atoms with Gasteiger partial charge in [-0.2, -0.15) is 0 Å². The van der Waals surface area contributed by atoms with Gasteiger partial charge in [0, 0.05) is 0 Å². The average molecular weight is 127 g/mol. The van der Waals surface area contributed by atoms with Gasteiger partial charge in [0.25, 0.3) is 0 Å². The lowest BCUT2D eigenvalue weighted by Crippen LogP contribution is -1.71. The number of carbonyl (C=O) groups excluding carboxylic acids is 1. The Morgan fingerprint density at radius 1 is 2.00 bits per heavy atom. The van der Waals surface area contributed by atoms with Gasteiger partial charge >= 0.3 is 0 Å². The molecule has 0 radical (unpaired) electrons. The van der Waals surface area contributed by atoms with Crippen LogP contribution in [0.4, 0.5) is 0 Å². The van der Waals surface area contributed by atoms with E-state index < -0.39 is 10.1 Å². The summed E-state index contributed by atoms with van der Waals surface area (Å²) in [6, 6.07) is 0. The Labute approximate surface area is 44.5 Å². The Balaban J connectivity index is 2.96. The van der Waals surface area contributed by atoms with Gasteiger partial charge in [-0.1, -0.05) is 17.6 Å². The zero-order valence-corrected chi connectivity index (χ0v) is 5.17. The van der Waals surface area contributed by atoms with E-state index in [0.29, 0.717) is 0 Å². The third-order valence-electron chi connectivity index (χ3n) is 0.416. The van der Waals surface area contributed by atoms with E-state index in [9.17, 15) is 4.79 Å². The van der Waals surface area contributed by atoms with E-state index in [1.54, 1.807) is 0 Å². The summed E-state index contributed by atoms with van der Waals surface area (Å²) in [6.07, 6.45) is 0. The van der Waals surface area contributed by atoms with Gasteiger partial charge in [-0.3, -0.25) is 4.79 Å². The standard InChI is InChI=1S/C3H7ClOS/c1-2-6(4)3-5/h3,6H,2H2,1H3. The average Bonchev–Trinajstić information content (AvgIpc) is 1.65. The summed E-state index contributed by atoms with van der Waals surface area (Å²) in [5.41, 5.74) is 0.802. The molecule has 0 aromatic rings. The van der Waals surface area contributed by atoms with Crippen molar-refractivity contribution in [1.29, 1.82) is 0 Å². The predicted molar refractivity (Wildman–Crippen MR) is 32.1 cm³/mol. The molecule has 6 heavy (non-hydrogen) atoms. The molecule has 0 amide bonds. The van der Waals surface area contributed by atoms with Crippen LogP contribution in [-0.4, -0.2) is 11.4 Å². The van der Waals surface area contributed by atoms with Crippen molar-refractivity contribution in [3.63, 3.8) is 0 Å². The van der Waals surface area contributed by atoms with Crippen molar-refractivity contribution < 1.29 is 4.79 Å². The first kappa shape index (κ1) is 6.31. The highest BCUT2D eigenvalue weighted by Crippen LogP contribution is 2.24. The zero-order chi connectivity index (χ0) is 4.99. The molecule has 1 atom stereocenters. The van der Waals surface area contributed by atoms with Crippen LogP contribution in [-0.2, 0) is 4.79 Å². The van der Waals surface area contributed by atoms with Crippen molar-refractivity contribution in [3.8, 4) is 0 Å². The first-order valence-corrected chi connectivity index (χ1v) is 4.19. The maximum atomic E-state index is 9.63. The van der Waals surface area contributed by atoms with Crippen LogP contribution in [0, 0.1) is 0 Å². The maximum absolute atomic E-state index is 9.63. The van der Waals surface area contributed by atoms with Gasteiger partial charge in [-0.15, -0.1) is 10.1 Å². The Hall–Kier alpha value is 0.310. The van der Waals surface area contributed by atoms with Crippen molar-refractivity contribution in [2.45, 2.75) is 6.92 Å². The van der Waals surface area contributed by atoms with Crippen LogP contribution in [0.2, 0.25) is 0 Å². The number of carbonyl (C=O) groups is 1. The van der Waals surface area contributed by atoms with Crippen LogP contribution in [0.15, 0.2) is 0 Å². The Bertz CT molecular complexity index is 48.1. The molecule has 0 aliphatic carbocycles. The van der Waals surface area contributed by atoms with Crippen molar-refractivity contribution in [2.24, 2.45) is 0 Å². The van der Waals surface area contributed by atoms with Gasteiger partial charge < -0.3 is 0 Å². The number of rotatable bonds is 2. The second kappa shape index (κ2) is 3.50. The molecule has 0 aromatic carbocycles. The van der Waals surface area contributed by atoms with Crippen molar-refractivity contribution >= 4 is 26.4 Å². The Morgan fingerprint density at radius 2 is 2.50 bits per heavy atom. The summed E-state index contributed by atoms with van der Waals surface area (Å²) in [7, 11) is 4.56. The predicted octanol–water partition coefficient (Wildman–Crippen LogP) is 1.35. The summed E-state index contributed by atoms with van der Waals surface area (Å²) in [6.45, 7) is 1.90. The van der Waals surface area contributed by atoms with Gasteiger partial charge in [0.1, 0.15) is 0 Å². The molecule has 0 aliphatic heterocycles. The molecule has 0 aromatic heterocycles. The molecule has 0 saturated heterocycles. The summed E-state index contributed by atoms with van der Waals surface area (Å²) in [5.74, 6) is 0.792. The quantitative estimate of drug-likeness (QED) is 0.437. The topological polar surface area (TPSA) is 17.1 Å². The molecule has 0 rings (SSSR count). The minimum Gasteiger partial charge on any atom is -0.292 e. The van der Waals surface area contributed by atoms with E-state index in [1.807, 2.05) is 6.92 Å². The fraction of sp³-hybridized carbons (Fsp3) is 0.667. The molecular weight excluding hydrogens is 120 g/mol. The summed E-state index contributed by atoms with van der Waals surface area (Å²) >= 11 is 0. The summed E-state index contributed by atoms with van der Waals surface area (Å²) < 4.78 is 0. The monoisotopic (exact) mass is 126 g/mol. The van der Waals surface area contributed by atoms with Crippen molar-refractivity contribution in [1.82, 2.24) is 0 Å². The lowest BCUT2D eigenvalue weighted by atomic mass is 11.0. The molecular formula is C3H7ClOS. The Kier molecular flexibility index (Phi) is 3.68. The lowest BCUT2D eigenvalue weighted by Gasteiger charge is -1.93. The molecule has 38 valence electrons. The van der Waals surface area contributed by atoms with Crippen LogP contribution in [0.1, 0.15) is 6.92 Å². The minimum absolute atomic E-state index is 0.784. The zero-order valence-electron chi connectivity index (χ0n) is 3.52. The highest BCUT2D eigenvalue weighted by atomic mass is 35.7. The summed E-state index contributed by atoms with van der Waals surface area (Å²) in [4.78, 5) is 9.63. The fourth-order valence-electron chi connectivity index (χ4n) is 0.0745. The number of thiol groups is 1. The third-order valence-corrected chi connectivity index (χ3v) is 2.21. The first-order valence-electron chi connectivity index (χ1n) is 1.69. The van der Waals surface area contributed by atoms with Gasteiger partial charge in [-0.25, -0.2) is 0 Å². The largest absolute Gasteiger partial charge is 0.292 e. The second-order valence-corrected chi connectivity index (χ2v) is 3.77. The van der Waals surface area contributed by atoms with Crippen LogP contribution >= 0.6 is 20.8 Å². The molecule has 0 aliphatic rings. The molecule has 0 N–H and O–H groups in total. The van der Waals surface area contributed by atoms with E-state index in [2.05, 4.69) is 0 Å². The molecule has 0 heterocycles. The van der Waals surface area contributed by atoms with Gasteiger partial charge in [0.15, 0.2) is 5.62 Å². The first-order chi connectivity index (χ1) is 2.81. The number of hydrogen-bond acceptors (Lipinski definition) is 1. The van der Waals surface area contributed by atoms with Crippen molar-refractivity contribution in [2.75, 3.05) is 5.75 Å². The molecule has 1 unspecified atom stereocenters. The van der Waals surface area contributed by atoms with Crippen LogP contribution in [0.25, 0.3) is 0 Å². The highest BCUT2D eigenvalue weighted by molar-refractivity contribution is 8.45.